The van der Waals surface area contributed by atoms with Gasteiger partial charge in [0.15, 0.2) is 0 Å². The highest BCUT2D eigenvalue weighted by atomic mass is 16.6. The molecule has 0 aliphatic carbocycles. The molecule has 5 nitrogen and oxygen atoms in total. The predicted octanol–water partition coefficient (Wildman–Crippen LogP) is 3.44. The van der Waals surface area contributed by atoms with Crippen LogP contribution in [0.1, 0.15) is 54.9 Å². The average molecular weight is 299 g/mol. The molecule has 0 aromatic rings. The van der Waals surface area contributed by atoms with E-state index in [4.69, 9.17) is 9.47 Å². The third kappa shape index (κ3) is 9.93. The van der Waals surface area contributed by atoms with Crippen LogP contribution in [0, 0.1) is 5.92 Å². The van der Waals surface area contributed by atoms with Crippen LogP contribution in [0.2, 0.25) is 0 Å². The summed E-state index contributed by atoms with van der Waals surface area (Å²) in [6.45, 7) is 13.3. The zero-order valence-corrected chi connectivity index (χ0v) is 14.3. The lowest BCUT2D eigenvalue weighted by Gasteiger charge is -2.23. The van der Waals surface area contributed by atoms with Crippen LogP contribution in [0.15, 0.2) is 11.6 Å². The van der Waals surface area contributed by atoms with E-state index >= 15 is 0 Å². The Morgan fingerprint density at radius 3 is 2.24 bits per heavy atom. The van der Waals surface area contributed by atoms with Gasteiger partial charge >= 0.3 is 12.1 Å². The van der Waals surface area contributed by atoms with Crippen LogP contribution < -0.4 is 5.32 Å². The van der Waals surface area contributed by atoms with Crippen molar-refractivity contribution in [3.8, 4) is 0 Å². The number of nitrogens with one attached hydrogen (secondary N) is 1. The van der Waals surface area contributed by atoms with Crippen molar-refractivity contribution in [1.29, 1.82) is 0 Å². The number of hydrogen-bond acceptors (Lipinski definition) is 4. The molecule has 0 saturated heterocycles. The van der Waals surface area contributed by atoms with E-state index in [9.17, 15) is 9.59 Å². The maximum atomic E-state index is 11.8. The molecule has 122 valence electrons. The normalized spacial score (nSPS) is 13.8. The molecule has 0 unspecified atom stereocenters. The summed E-state index contributed by atoms with van der Waals surface area (Å²) < 4.78 is 10.2. The molecule has 1 atom stereocenters. The first-order valence-electron chi connectivity index (χ1n) is 7.40. The number of ether oxygens (including phenoxy) is 2. The minimum atomic E-state index is -0.549. The van der Waals surface area contributed by atoms with E-state index in [0.717, 1.165) is 6.42 Å². The molecule has 0 fully saturated rings. The minimum absolute atomic E-state index is 0.260. The number of amides is 1. The lowest BCUT2D eigenvalue weighted by Crippen LogP contribution is -2.39. The Morgan fingerprint density at radius 2 is 1.81 bits per heavy atom. The predicted molar refractivity (Wildman–Crippen MR) is 83.0 cm³/mol. The van der Waals surface area contributed by atoms with Gasteiger partial charge in [-0.2, -0.15) is 0 Å². The number of hydrogen-bond donors (Lipinski definition) is 1. The first-order valence-corrected chi connectivity index (χ1v) is 7.40. The smallest absolute Gasteiger partial charge is 0.408 e. The summed E-state index contributed by atoms with van der Waals surface area (Å²) in [4.78, 5) is 23.5. The Bertz CT molecular complexity index is 380. The van der Waals surface area contributed by atoms with Crippen molar-refractivity contribution in [1.82, 2.24) is 5.32 Å². The van der Waals surface area contributed by atoms with E-state index in [1.54, 1.807) is 19.9 Å². The molecule has 0 aliphatic heterocycles. The van der Waals surface area contributed by atoms with Crippen molar-refractivity contribution in [2.24, 2.45) is 5.92 Å². The molecule has 0 aromatic carbocycles. The molecule has 0 heterocycles. The van der Waals surface area contributed by atoms with Gasteiger partial charge in [-0.25, -0.2) is 9.59 Å². The van der Waals surface area contributed by atoms with E-state index in [2.05, 4.69) is 19.2 Å². The summed E-state index contributed by atoms with van der Waals surface area (Å²) in [5.74, 6) is 0.00780. The lowest BCUT2D eigenvalue weighted by molar-refractivity contribution is -0.138. The van der Waals surface area contributed by atoms with Gasteiger partial charge in [0.2, 0.25) is 0 Å². The fourth-order valence-electron chi connectivity index (χ4n) is 1.75. The fraction of sp³-hybridized carbons (Fsp3) is 0.750. The van der Waals surface area contributed by atoms with Crippen molar-refractivity contribution < 1.29 is 19.1 Å². The molecule has 1 N–H and O–H groups in total. The standard InChI is InChI=1S/C16H29NO4/c1-8-20-14(18)12(4)10-13(9-11(2)3)17-15(19)21-16(5,6)7/h10-11,13H,8-9H2,1-7H3,(H,17,19)/t13-/m0/s1. The highest BCUT2D eigenvalue weighted by Gasteiger charge is 2.20. The largest absolute Gasteiger partial charge is 0.463 e. The van der Waals surface area contributed by atoms with Crippen LogP contribution in [0.5, 0.6) is 0 Å². The second-order valence-electron chi connectivity index (χ2n) is 6.45. The Kier molecular flexibility index (Phi) is 8.07. The summed E-state index contributed by atoms with van der Waals surface area (Å²) in [6, 6.07) is -0.260. The van der Waals surface area contributed by atoms with E-state index in [1.807, 2.05) is 20.8 Å². The van der Waals surface area contributed by atoms with Crippen LogP contribution in [0.25, 0.3) is 0 Å². The summed E-state index contributed by atoms with van der Waals surface area (Å²) in [5.41, 5.74) is -0.0645. The molecule has 21 heavy (non-hydrogen) atoms. The second kappa shape index (κ2) is 8.70. The molecule has 5 heteroatoms. The first-order chi connectivity index (χ1) is 9.55. The molecular formula is C16H29NO4. The molecule has 0 aromatic heterocycles. The van der Waals surface area contributed by atoms with Crippen LogP contribution in [-0.4, -0.2) is 30.3 Å². The van der Waals surface area contributed by atoms with Crippen molar-refractivity contribution in [3.05, 3.63) is 11.6 Å². The maximum Gasteiger partial charge on any atom is 0.408 e. The van der Waals surface area contributed by atoms with Crippen LogP contribution in [0.4, 0.5) is 4.79 Å². The molecular weight excluding hydrogens is 270 g/mol. The van der Waals surface area contributed by atoms with Gasteiger partial charge in [-0.3, -0.25) is 0 Å². The maximum absolute atomic E-state index is 11.8. The van der Waals surface area contributed by atoms with Gasteiger partial charge in [-0.1, -0.05) is 19.9 Å². The minimum Gasteiger partial charge on any atom is -0.463 e. The molecule has 0 radical (unpaired) electrons. The van der Waals surface area contributed by atoms with E-state index in [-0.39, 0.29) is 12.0 Å². The zero-order valence-electron chi connectivity index (χ0n) is 14.3. The van der Waals surface area contributed by atoms with Crippen molar-refractivity contribution in [2.75, 3.05) is 6.61 Å². The quantitative estimate of drug-likeness (QED) is 0.603. The van der Waals surface area contributed by atoms with E-state index in [1.165, 1.54) is 0 Å². The Morgan fingerprint density at radius 1 is 1.24 bits per heavy atom. The summed E-state index contributed by atoms with van der Waals surface area (Å²) in [6.07, 6.45) is 1.96. The molecule has 0 spiro atoms. The van der Waals surface area contributed by atoms with Crippen LogP contribution >= 0.6 is 0 Å². The first kappa shape index (κ1) is 19.5. The van der Waals surface area contributed by atoms with Crippen molar-refractivity contribution in [2.45, 2.75) is 66.5 Å². The second-order valence-corrected chi connectivity index (χ2v) is 6.45. The summed E-state index contributed by atoms with van der Waals surface area (Å²) in [7, 11) is 0. The van der Waals surface area contributed by atoms with Gasteiger partial charge in [0.1, 0.15) is 5.60 Å². The third-order valence-corrected chi connectivity index (χ3v) is 2.48. The molecule has 0 saturated carbocycles. The van der Waals surface area contributed by atoms with Crippen LogP contribution in [-0.2, 0) is 14.3 Å². The number of carbonyl (C=O) groups is 2. The van der Waals surface area contributed by atoms with Crippen LogP contribution in [0.3, 0.4) is 0 Å². The van der Waals surface area contributed by atoms with Gasteiger partial charge in [-0.05, 0) is 47.0 Å². The van der Waals surface area contributed by atoms with Gasteiger partial charge in [0.25, 0.3) is 0 Å². The Hall–Kier alpha value is -1.52. The Balaban J connectivity index is 4.84. The van der Waals surface area contributed by atoms with Crippen molar-refractivity contribution in [3.63, 3.8) is 0 Å². The van der Waals surface area contributed by atoms with E-state index in [0.29, 0.717) is 18.1 Å². The highest BCUT2D eigenvalue weighted by Crippen LogP contribution is 2.12. The Labute approximate surface area is 128 Å². The zero-order chi connectivity index (χ0) is 16.6. The number of rotatable bonds is 6. The van der Waals surface area contributed by atoms with Gasteiger partial charge < -0.3 is 14.8 Å². The third-order valence-electron chi connectivity index (χ3n) is 2.48. The molecule has 0 bridgehead atoms. The lowest BCUT2D eigenvalue weighted by atomic mass is 10.0. The monoisotopic (exact) mass is 299 g/mol. The van der Waals surface area contributed by atoms with Crippen molar-refractivity contribution >= 4 is 12.1 Å². The molecule has 0 rings (SSSR count). The fourth-order valence-corrected chi connectivity index (χ4v) is 1.75. The van der Waals surface area contributed by atoms with E-state index < -0.39 is 11.7 Å². The van der Waals surface area contributed by atoms with Gasteiger partial charge in [0.05, 0.1) is 12.6 Å². The highest BCUT2D eigenvalue weighted by molar-refractivity contribution is 5.88. The van der Waals surface area contributed by atoms with Gasteiger partial charge in [-0.15, -0.1) is 0 Å². The topological polar surface area (TPSA) is 64.6 Å². The molecule has 1 amide bonds. The molecule has 0 aliphatic rings. The SMILES string of the molecule is CCOC(=O)C(C)=C[C@H](CC(C)C)NC(=O)OC(C)(C)C. The average Bonchev–Trinajstić information content (AvgIpc) is 2.25. The van der Waals surface area contributed by atoms with Gasteiger partial charge in [0, 0.05) is 5.57 Å². The number of carbonyl (C=O) groups excluding carboxylic acids is 2. The number of esters is 1. The number of alkyl carbamates (subject to hydrolysis) is 1. The summed E-state index contributed by atoms with van der Waals surface area (Å²) in [5, 5.41) is 2.79. The summed E-state index contributed by atoms with van der Waals surface area (Å²) >= 11 is 0.